The van der Waals surface area contributed by atoms with Crippen LogP contribution in [0.4, 0.5) is 0 Å². The zero-order valence-corrected chi connectivity index (χ0v) is 13.0. The zero-order chi connectivity index (χ0) is 15.1. The highest BCUT2D eigenvalue weighted by atomic mass is 15.3. The first-order valence-electron chi connectivity index (χ1n) is 7.12. The summed E-state index contributed by atoms with van der Waals surface area (Å²) in [6.45, 7) is 1.53. The van der Waals surface area contributed by atoms with Crippen LogP contribution in [0.3, 0.4) is 0 Å². The van der Waals surface area contributed by atoms with Gasteiger partial charge in [0.1, 0.15) is 0 Å². The van der Waals surface area contributed by atoms with Gasteiger partial charge in [0.05, 0.1) is 12.7 Å². The topological polar surface area (TPSA) is 45.4 Å². The lowest BCUT2D eigenvalue weighted by Crippen LogP contribution is -2.37. The Morgan fingerprint density at radius 3 is 2.62 bits per heavy atom. The zero-order valence-electron chi connectivity index (χ0n) is 13.0. The third-order valence-electron chi connectivity index (χ3n) is 3.13. The molecule has 0 spiro atoms. The van der Waals surface area contributed by atoms with E-state index in [1.54, 1.807) is 0 Å². The molecule has 0 saturated carbocycles. The van der Waals surface area contributed by atoms with Gasteiger partial charge in [0.15, 0.2) is 5.96 Å². The predicted octanol–water partition coefficient (Wildman–Crippen LogP) is 1.67. The fourth-order valence-corrected chi connectivity index (χ4v) is 2.02. The van der Waals surface area contributed by atoms with E-state index >= 15 is 0 Å². The maximum Gasteiger partial charge on any atom is 0.193 e. The van der Waals surface area contributed by atoms with Crippen molar-refractivity contribution in [3.05, 3.63) is 53.9 Å². The molecule has 0 fully saturated rings. The SMILES string of the molecule is CN(C)C(=NCc1ccccc1)NCCc1cnn(C)c1. The molecule has 1 aromatic carbocycles. The standard InChI is InChI=1S/C16H23N5/c1-20(2)16(18-11-14-7-5-4-6-8-14)17-10-9-15-12-19-21(3)13-15/h4-8,12-13H,9-11H2,1-3H3,(H,17,18). The fraction of sp³-hybridized carbons (Fsp3) is 0.375. The van der Waals surface area contributed by atoms with Crippen molar-refractivity contribution < 1.29 is 0 Å². The van der Waals surface area contributed by atoms with Crippen LogP contribution in [0.1, 0.15) is 11.1 Å². The smallest absolute Gasteiger partial charge is 0.193 e. The number of nitrogens with zero attached hydrogens (tertiary/aromatic N) is 4. The van der Waals surface area contributed by atoms with E-state index in [9.17, 15) is 0 Å². The minimum atomic E-state index is 0.689. The van der Waals surface area contributed by atoms with Crippen molar-refractivity contribution in [2.75, 3.05) is 20.6 Å². The first kappa shape index (κ1) is 15.1. The average Bonchev–Trinajstić information content (AvgIpc) is 2.89. The van der Waals surface area contributed by atoms with Crippen LogP contribution in [0.25, 0.3) is 0 Å². The van der Waals surface area contributed by atoms with Crippen molar-refractivity contribution in [2.24, 2.45) is 12.0 Å². The molecule has 5 nitrogen and oxygen atoms in total. The molecule has 21 heavy (non-hydrogen) atoms. The first-order valence-corrected chi connectivity index (χ1v) is 7.12. The van der Waals surface area contributed by atoms with E-state index < -0.39 is 0 Å². The molecule has 0 amide bonds. The normalized spacial score (nSPS) is 11.5. The van der Waals surface area contributed by atoms with Crippen LogP contribution in [0.2, 0.25) is 0 Å². The average molecular weight is 285 g/mol. The number of aliphatic imine (C=N–C) groups is 1. The summed E-state index contributed by atoms with van der Waals surface area (Å²) in [6, 6.07) is 10.3. The molecule has 0 aliphatic heterocycles. The molecule has 2 rings (SSSR count). The Balaban J connectivity index is 1.87. The van der Waals surface area contributed by atoms with E-state index in [1.807, 2.05) is 61.3 Å². The van der Waals surface area contributed by atoms with Gasteiger partial charge in [-0.1, -0.05) is 30.3 Å². The number of aromatic nitrogens is 2. The van der Waals surface area contributed by atoms with Crippen molar-refractivity contribution in [3.8, 4) is 0 Å². The molecule has 112 valence electrons. The van der Waals surface area contributed by atoms with Crippen LogP contribution in [0.15, 0.2) is 47.7 Å². The van der Waals surface area contributed by atoms with Crippen LogP contribution in [0.5, 0.6) is 0 Å². The summed E-state index contributed by atoms with van der Waals surface area (Å²) < 4.78 is 1.83. The van der Waals surface area contributed by atoms with Crippen molar-refractivity contribution in [1.82, 2.24) is 20.0 Å². The molecule has 0 bridgehead atoms. The predicted molar refractivity (Wildman–Crippen MR) is 86.2 cm³/mol. The molecule has 0 aliphatic rings. The maximum atomic E-state index is 4.64. The van der Waals surface area contributed by atoms with E-state index in [1.165, 1.54) is 11.1 Å². The Morgan fingerprint density at radius 2 is 2.00 bits per heavy atom. The van der Waals surface area contributed by atoms with Gasteiger partial charge in [-0.15, -0.1) is 0 Å². The molecule has 0 radical (unpaired) electrons. The van der Waals surface area contributed by atoms with Crippen molar-refractivity contribution in [1.29, 1.82) is 0 Å². The molecule has 0 aliphatic carbocycles. The summed E-state index contributed by atoms with van der Waals surface area (Å²) in [6.07, 6.45) is 4.88. The monoisotopic (exact) mass is 285 g/mol. The molecule has 1 heterocycles. The second-order valence-corrected chi connectivity index (χ2v) is 5.22. The number of nitrogens with one attached hydrogen (secondary N) is 1. The Kier molecular flexibility index (Phi) is 5.37. The number of guanidine groups is 1. The second-order valence-electron chi connectivity index (χ2n) is 5.22. The van der Waals surface area contributed by atoms with E-state index in [0.29, 0.717) is 6.54 Å². The Bertz CT molecular complexity index is 571. The van der Waals surface area contributed by atoms with Crippen LogP contribution in [-0.2, 0) is 20.0 Å². The Labute approximate surface area is 126 Å². The van der Waals surface area contributed by atoms with Gasteiger partial charge in [-0.2, -0.15) is 5.10 Å². The molecule has 0 saturated heterocycles. The van der Waals surface area contributed by atoms with Crippen LogP contribution in [0, 0.1) is 0 Å². The summed E-state index contributed by atoms with van der Waals surface area (Å²) in [4.78, 5) is 6.65. The number of aryl methyl sites for hydroxylation is 1. The highest BCUT2D eigenvalue weighted by molar-refractivity contribution is 5.79. The number of rotatable bonds is 5. The minimum Gasteiger partial charge on any atom is -0.356 e. The highest BCUT2D eigenvalue weighted by Gasteiger charge is 2.02. The maximum absolute atomic E-state index is 4.64. The Morgan fingerprint density at radius 1 is 1.24 bits per heavy atom. The van der Waals surface area contributed by atoms with Gasteiger partial charge in [-0.25, -0.2) is 4.99 Å². The fourth-order valence-electron chi connectivity index (χ4n) is 2.02. The molecule has 0 atom stereocenters. The van der Waals surface area contributed by atoms with Crippen molar-refractivity contribution in [2.45, 2.75) is 13.0 Å². The van der Waals surface area contributed by atoms with Gasteiger partial charge >= 0.3 is 0 Å². The van der Waals surface area contributed by atoms with Crippen molar-refractivity contribution >= 4 is 5.96 Å². The molecule has 1 aromatic heterocycles. The number of benzene rings is 1. The molecule has 5 heteroatoms. The lowest BCUT2D eigenvalue weighted by molar-refractivity contribution is 0.579. The summed E-state index contributed by atoms with van der Waals surface area (Å²) >= 11 is 0. The van der Waals surface area contributed by atoms with Gasteiger partial charge in [-0.3, -0.25) is 4.68 Å². The molecule has 1 N–H and O–H groups in total. The quantitative estimate of drug-likeness (QED) is 0.671. The van der Waals surface area contributed by atoms with Gasteiger partial charge < -0.3 is 10.2 Å². The van der Waals surface area contributed by atoms with Gasteiger partial charge in [0, 0.05) is 33.9 Å². The summed E-state index contributed by atoms with van der Waals surface area (Å²) in [7, 11) is 5.94. The van der Waals surface area contributed by atoms with Gasteiger partial charge in [-0.05, 0) is 17.5 Å². The molecule has 0 unspecified atom stereocenters. The summed E-state index contributed by atoms with van der Waals surface area (Å²) in [5.74, 6) is 0.905. The summed E-state index contributed by atoms with van der Waals surface area (Å²) in [5, 5.41) is 7.56. The van der Waals surface area contributed by atoms with E-state index in [-0.39, 0.29) is 0 Å². The number of hydrogen-bond acceptors (Lipinski definition) is 2. The van der Waals surface area contributed by atoms with Crippen LogP contribution < -0.4 is 5.32 Å². The lowest BCUT2D eigenvalue weighted by atomic mass is 10.2. The molecular weight excluding hydrogens is 262 g/mol. The second kappa shape index (κ2) is 7.47. The molecular formula is C16H23N5. The van der Waals surface area contributed by atoms with Crippen molar-refractivity contribution in [3.63, 3.8) is 0 Å². The minimum absolute atomic E-state index is 0.689. The van der Waals surface area contributed by atoms with E-state index in [4.69, 9.17) is 0 Å². The third-order valence-corrected chi connectivity index (χ3v) is 3.13. The van der Waals surface area contributed by atoms with E-state index in [2.05, 4.69) is 27.5 Å². The van der Waals surface area contributed by atoms with Crippen LogP contribution in [-0.4, -0.2) is 41.3 Å². The number of hydrogen-bond donors (Lipinski definition) is 1. The third kappa shape index (κ3) is 4.95. The molecule has 2 aromatic rings. The summed E-state index contributed by atoms with van der Waals surface area (Å²) in [5.41, 5.74) is 2.44. The lowest BCUT2D eigenvalue weighted by Gasteiger charge is -2.17. The van der Waals surface area contributed by atoms with E-state index in [0.717, 1.165) is 18.9 Å². The first-order chi connectivity index (χ1) is 10.1. The van der Waals surface area contributed by atoms with Crippen LogP contribution >= 0.6 is 0 Å². The van der Waals surface area contributed by atoms with Gasteiger partial charge in [0.25, 0.3) is 0 Å². The van der Waals surface area contributed by atoms with Gasteiger partial charge in [0.2, 0.25) is 0 Å². The largest absolute Gasteiger partial charge is 0.356 e. The Hall–Kier alpha value is -2.30. The highest BCUT2D eigenvalue weighted by Crippen LogP contribution is 2.01.